The summed E-state index contributed by atoms with van der Waals surface area (Å²) in [5, 5.41) is 7.67. The lowest BCUT2D eigenvalue weighted by Crippen LogP contribution is -2.25. The van der Waals surface area contributed by atoms with E-state index in [0.29, 0.717) is 17.8 Å². The number of nitrogens with one attached hydrogen (secondary N) is 1. The van der Waals surface area contributed by atoms with E-state index in [2.05, 4.69) is 27.5 Å². The lowest BCUT2D eigenvalue weighted by atomic mass is 10.1. The minimum atomic E-state index is -0.139. The van der Waals surface area contributed by atoms with Crippen LogP contribution >= 0.6 is 11.8 Å². The predicted molar refractivity (Wildman–Crippen MR) is 116 cm³/mol. The maximum absolute atomic E-state index is 12.9. The topological polar surface area (TPSA) is 59.8 Å². The van der Waals surface area contributed by atoms with Crippen LogP contribution in [0, 0.1) is 0 Å². The number of hydrogen-bond acceptors (Lipinski definition) is 4. The zero-order chi connectivity index (χ0) is 19.9. The molecule has 4 rings (SSSR count). The van der Waals surface area contributed by atoms with Gasteiger partial charge in [0.25, 0.3) is 5.91 Å². The van der Waals surface area contributed by atoms with Crippen LogP contribution in [0.1, 0.15) is 10.4 Å². The Balaban J connectivity index is 1.51. The Hall–Kier alpha value is -3.38. The number of rotatable bonds is 7. The minimum Gasteiger partial charge on any atom is -0.351 e. The van der Waals surface area contributed by atoms with Gasteiger partial charge in [0.1, 0.15) is 5.69 Å². The van der Waals surface area contributed by atoms with Crippen molar-refractivity contribution in [3.63, 3.8) is 0 Å². The van der Waals surface area contributed by atoms with Crippen LogP contribution in [-0.2, 0) is 0 Å². The molecule has 4 aromatic rings. The maximum Gasteiger partial charge on any atom is 0.255 e. The van der Waals surface area contributed by atoms with E-state index in [1.165, 1.54) is 4.90 Å². The molecular weight excluding hydrogens is 380 g/mol. The summed E-state index contributed by atoms with van der Waals surface area (Å²) in [5.41, 5.74) is 2.86. The van der Waals surface area contributed by atoms with Crippen molar-refractivity contribution in [3.8, 4) is 16.9 Å². The van der Waals surface area contributed by atoms with Gasteiger partial charge in [0.2, 0.25) is 0 Å². The molecule has 1 N–H and O–H groups in total. The second-order valence-electron chi connectivity index (χ2n) is 6.33. The molecule has 0 aliphatic rings. The summed E-state index contributed by atoms with van der Waals surface area (Å²) in [7, 11) is 0. The number of aromatic nitrogens is 3. The minimum absolute atomic E-state index is 0.139. The molecule has 6 heteroatoms. The molecule has 0 saturated carbocycles. The molecule has 0 aliphatic heterocycles. The molecule has 2 heterocycles. The fourth-order valence-corrected chi connectivity index (χ4v) is 3.70. The largest absolute Gasteiger partial charge is 0.351 e. The second kappa shape index (κ2) is 9.21. The monoisotopic (exact) mass is 400 g/mol. The number of amides is 1. The van der Waals surface area contributed by atoms with Gasteiger partial charge in [0.05, 0.1) is 11.3 Å². The third-order valence-electron chi connectivity index (χ3n) is 4.31. The molecular formula is C23H20N4OS. The van der Waals surface area contributed by atoms with Gasteiger partial charge in [0.15, 0.2) is 0 Å². The highest BCUT2D eigenvalue weighted by Gasteiger charge is 2.18. The summed E-state index contributed by atoms with van der Waals surface area (Å²) in [6.07, 6.45) is 5.20. The molecule has 0 aliphatic carbocycles. The second-order valence-corrected chi connectivity index (χ2v) is 7.50. The van der Waals surface area contributed by atoms with E-state index in [1.807, 2.05) is 60.7 Å². The van der Waals surface area contributed by atoms with Crippen molar-refractivity contribution in [3.05, 3.63) is 97.0 Å². The van der Waals surface area contributed by atoms with Crippen molar-refractivity contribution >= 4 is 17.7 Å². The average molecular weight is 401 g/mol. The zero-order valence-corrected chi connectivity index (χ0v) is 16.5. The molecule has 5 nitrogen and oxygen atoms in total. The molecule has 0 fully saturated rings. The number of thioether (sulfide) groups is 1. The molecule has 2 aromatic carbocycles. The quantitative estimate of drug-likeness (QED) is 0.368. The lowest BCUT2D eigenvalue weighted by Gasteiger charge is -2.05. The first-order valence-electron chi connectivity index (χ1n) is 9.33. The van der Waals surface area contributed by atoms with Crippen molar-refractivity contribution in [2.75, 3.05) is 12.3 Å². The van der Waals surface area contributed by atoms with E-state index >= 15 is 0 Å². The van der Waals surface area contributed by atoms with Crippen LogP contribution in [0.4, 0.5) is 0 Å². The predicted octanol–water partition coefficient (Wildman–Crippen LogP) is 4.46. The third-order valence-corrected chi connectivity index (χ3v) is 5.33. The standard InChI is InChI=1S/C23H20N4OS/c28-23(25-14-15-29-20-11-5-2-6-12-20)21-17-27(19-9-3-1-4-10-19)26-22(21)18-8-7-13-24-16-18/h1-13,16-17H,14-15H2,(H,25,28). The van der Waals surface area contributed by atoms with Crippen LogP contribution in [0.5, 0.6) is 0 Å². The fraction of sp³-hybridized carbons (Fsp3) is 0.0870. The average Bonchev–Trinajstić information content (AvgIpc) is 3.24. The van der Waals surface area contributed by atoms with Crippen molar-refractivity contribution in [2.45, 2.75) is 4.90 Å². The first-order valence-corrected chi connectivity index (χ1v) is 10.3. The summed E-state index contributed by atoms with van der Waals surface area (Å²) in [5.74, 6) is 0.657. The normalized spacial score (nSPS) is 10.6. The van der Waals surface area contributed by atoms with Gasteiger partial charge in [-0.05, 0) is 36.4 Å². The van der Waals surface area contributed by atoms with E-state index in [4.69, 9.17) is 0 Å². The summed E-state index contributed by atoms with van der Waals surface area (Å²) >= 11 is 1.71. The van der Waals surface area contributed by atoms with Gasteiger partial charge in [-0.25, -0.2) is 4.68 Å². The van der Waals surface area contributed by atoms with Gasteiger partial charge in [-0.3, -0.25) is 9.78 Å². The van der Waals surface area contributed by atoms with Crippen molar-refractivity contribution < 1.29 is 4.79 Å². The Kier molecular flexibility index (Phi) is 6.02. The highest BCUT2D eigenvalue weighted by molar-refractivity contribution is 7.99. The Bertz CT molecular complexity index is 1070. The maximum atomic E-state index is 12.9. The molecule has 0 radical (unpaired) electrons. The Labute approximate surface area is 173 Å². The van der Waals surface area contributed by atoms with Crippen LogP contribution in [0.2, 0.25) is 0 Å². The summed E-state index contributed by atoms with van der Waals surface area (Å²) in [4.78, 5) is 18.3. The SMILES string of the molecule is O=C(NCCSc1ccccc1)c1cn(-c2ccccc2)nc1-c1cccnc1. The van der Waals surface area contributed by atoms with E-state index < -0.39 is 0 Å². The number of hydrogen-bond donors (Lipinski definition) is 1. The van der Waals surface area contributed by atoms with Crippen LogP contribution in [0.3, 0.4) is 0 Å². The molecule has 1 amide bonds. The first kappa shape index (κ1) is 19.0. The van der Waals surface area contributed by atoms with Gasteiger partial charge < -0.3 is 5.32 Å². The number of benzene rings is 2. The Morgan fingerprint density at radius 2 is 1.72 bits per heavy atom. The highest BCUT2D eigenvalue weighted by atomic mass is 32.2. The van der Waals surface area contributed by atoms with Crippen molar-refractivity contribution in [1.29, 1.82) is 0 Å². The van der Waals surface area contributed by atoms with E-state index in [-0.39, 0.29) is 5.91 Å². The number of pyridine rings is 1. The number of nitrogens with zero attached hydrogens (tertiary/aromatic N) is 3. The first-order chi connectivity index (χ1) is 14.3. The molecule has 0 atom stereocenters. The van der Waals surface area contributed by atoms with Gasteiger partial charge in [0, 0.05) is 41.3 Å². The highest BCUT2D eigenvalue weighted by Crippen LogP contribution is 2.23. The molecule has 0 saturated heterocycles. The van der Waals surface area contributed by atoms with Gasteiger partial charge in [-0.2, -0.15) is 5.10 Å². The van der Waals surface area contributed by atoms with Gasteiger partial charge in [-0.1, -0.05) is 36.4 Å². The number of carbonyl (C=O) groups is 1. The third kappa shape index (κ3) is 4.73. The molecule has 0 unspecified atom stereocenters. The summed E-state index contributed by atoms with van der Waals surface area (Å²) in [6.45, 7) is 0.571. The van der Waals surface area contributed by atoms with Crippen molar-refractivity contribution in [2.24, 2.45) is 0 Å². The molecule has 0 bridgehead atoms. The number of para-hydroxylation sites is 1. The van der Waals surface area contributed by atoms with E-state index in [0.717, 1.165) is 17.0 Å². The Morgan fingerprint density at radius 3 is 2.45 bits per heavy atom. The zero-order valence-electron chi connectivity index (χ0n) is 15.7. The smallest absolute Gasteiger partial charge is 0.255 e. The fourth-order valence-electron chi connectivity index (χ4n) is 2.91. The molecule has 2 aromatic heterocycles. The number of carbonyl (C=O) groups excluding carboxylic acids is 1. The summed E-state index contributed by atoms with van der Waals surface area (Å²) in [6, 6.07) is 23.7. The summed E-state index contributed by atoms with van der Waals surface area (Å²) < 4.78 is 1.73. The van der Waals surface area contributed by atoms with Gasteiger partial charge >= 0.3 is 0 Å². The van der Waals surface area contributed by atoms with Crippen LogP contribution < -0.4 is 5.32 Å². The van der Waals surface area contributed by atoms with Crippen LogP contribution in [0.25, 0.3) is 16.9 Å². The molecule has 0 spiro atoms. The Morgan fingerprint density at radius 1 is 0.966 bits per heavy atom. The van der Waals surface area contributed by atoms with Crippen molar-refractivity contribution in [1.82, 2.24) is 20.1 Å². The van der Waals surface area contributed by atoms with Gasteiger partial charge in [-0.15, -0.1) is 11.8 Å². The van der Waals surface area contributed by atoms with E-state index in [9.17, 15) is 4.79 Å². The van der Waals surface area contributed by atoms with E-state index in [1.54, 1.807) is 35.0 Å². The molecule has 29 heavy (non-hydrogen) atoms. The van der Waals surface area contributed by atoms with Crippen LogP contribution in [-0.4, -0.2) is 33.0 Å². The lowest BCUT2D eigenvalue weighted by molar-refractivity contribution is 0.0957. The van der Waals surface area contributed by atoms with Crippen LogP contribution in [0.15, 0.2) is 96.3 Å². The molecule has 144 valence electrons.